The quantitative estimate of drug-likeness (QED) is 0.657. The number of aryl methyl sites for hydroxylation is 1. The molecule has 2 rings (SSSR count). The summed E-state index contributed by atoms with van der Waals surface area (Å²) in [5, 5.41) is 3.17. The van der Waals surface area contributed by atoms with Gasteiger partial charge in [-0.05, 0) is 50.4 Å². The highest BCUT2D eigenvalue weighted by molar-refractivity contribution is 5.18. The van der Waals surface area contributed by atoms with Crippen LogP contribution in [0, 0.1) is 0 Å². The predicted octanol–water partition coefficient (Wildman–Crippen LogP) is 4.38. The molecule has 1 unspecified atom stereocenters. The molecule has 0 bridgehead atoms. The Kier molecular flexibility index (Phi) is 7.71. The van der Waals surface area contributed by atoms with E-state index in [1.54, 1.807) is 0 Å². The van der Waals surface area contributed by atoms with Crippen LogP contribution in [-0.2, 0) is 11.2 Å². The van der Waals surface area contributed by atoms with Gasteiger partial charge in [-0.15, -0.1) is 0 Å². The average molecular weight is 297 g/mol. The van der Waals surface area contributed by atoms with Crippen LogP contribution in [0.2, 0.25) is 0 Å². The van der Waals surface area contributed by atoms with Crippen LogP contribution in [0.5, 0.6) is 0 Å². The first-order valence-corrected chi connectivity index (χ1v) is 8.25. The Labute approximate surface area is 134 Å². The van der Waals surface area contributed by atoms with Gasteiger partial charge in [0, 0.05) is 6.61 Å². The van der Waals surface area contributed by atoms with Gasteiger partial charge >= 0.3 is 0 Å². The van der Waals surface area contributed by atoms with E-state index in [9.17, 15) is 0 Å². The Bertz CT molecular complexity index is 498. The highest BCUT2D eigenvalue weighted by Gasteiger charge is 2.11. The molecule has 0 spiro atoms. The summed E-state index contributed by atoms with van der Waals surface area (Å²) in [6, 6.07) is 21.3. The van der Waals surface area contributed by atoms with Gasteiger partial charge in [0.25, 0.3) is 0 Å². The van der Waals surface area contributed by atoms with Gasteiger partial charge < -0.3 is 10.1 Å². The highest BCUT2D eigenvalue weighted by atomic mass is 16.5. The fourth-order valence-electron chi connectivity index (χ4n) is 2.62. The molecule has 2 aromatic carbocycles. The van der Waals surface area contributed by atoms with E-state index in [1.807, 2.05) is 7.05 Å². The number of rotatable bonds is 10. The molecular formula is C20H27NO. The van der Waals surface area contributed by atoms with Gasteiger partial charge in [0.15, 0.2) is 0 Å². The maximum absolute atomic E-state index is 6.13. The molecule has 0 radical (unpaired) electrons. The summed E-state index contributed by atoms with van der Waals surface area (Å²) in [7, 11) is 1.98. The Hall–Kier alpha value is -1.64. The second kappa shape index (κ2) is 10.1. The zero-order chi connectivity index (χ0) is 15.5. The second-order valence-corrected chi connectivity index (χ2v) is 5.61. The first-order valence-electron chi connectivity index (χ1n) is 8.25. The van der Waals surface area contributed by atoms with Gasteiger partial charge in [-0.2, -0.15) is 0 Å². The minimum atomic E-state index is 0.210. The standard InChI is InChI=1S/C20H27NO/c1-21-16-9-17-22-20(19-13-6-3-7-14-19)15-8-12-18-10-4-2-5-11-18/h2-7,10-11,13-14,20-21H,8-9,12,15-17H2,1H3. The molecule has 0 aromatic heterocycles. The molecule has 1 N–H and O–H groups in total. The van der Waals surface area contributed by atoms with Crippen LogP contribution < -0.4 is 5.32 Å². The molecule has 118 valence electrons. The monoisotopic (exact) mass is 297 g/mol. The van der Waals surface area contributed by atoms with Crippen molar-refractivity contribution in [2.45, 2.75) is 31.8 Å². The Morgan fingerprint density at radius 1 is 0.909 bits per heavy atom. The van der Waals surface area contributed by atoms with Crippen LogP contribution in [-0.4, -0.2) is 20.2 Å². The van der Waals surface area contributed by atoms with Gasteiger partial charge in [-0.1, -0.05) is 60.7 Å². The van der Waals surface area contributed by atoms with Gasteiger partial charge in [0.1, 0.15) is 0 Å². The van der Waals surface area contributed by atoms with Crippen LogP contribution in [0.15, 0.2) is 60.7 Å². The van der Waals surface area contributed by atoms with Crippen molar-refractivity contribution in [3.05, 3.63) is 71.8 Å². The van der Waals surface area contributed by atoms with Crippen molar-refractivity contribution in [1.29, 1.82) is 0 Å². The van der Waals surface area contributed by atoms with Crippen LogP contribution >= 0.6 is 0 Å². The van der Waals surface area contributed by atoms with E-state index >= 15 is 0 Å². The summed E-state index contributed by atoms with van der Waals surface area (Å²) < 4.78 is 6.13. The van der Waals surface area contributed by atoms with Crippen molar-refractivity contribution >= 4 is 0 Å². The van der Waals surface area contributed by atoms with E-state index in [0.717, 1.165) is 38.8 Å². The van der Waals surface area contributed by atoms with E-state index in [0.29, 0.717) is 0 Å². The van der Waals surface area contributed by atoms with Crippen molar-refractivity contribution in [3.63, 3.8) is 0 Å². The Balaban J connectivity index is 1.84. The lowest BCUT2D eigenvalue weighted by Gasteiger charge is -2.18. The molecule has 1 atom stereocenters. The lowest BCUT2D eigenvalue weighted by molar-refractivity contribution is 0.0440. The van der Waals surface area contributed by atoms with E-state index in [4.69, 9.17) is 4.74 Å². The molecule has 0 heterocycles. The minimum absolute atomic E-state index is 0.210. The third-order valence-electron chi connectivity index (χ3n) is 3.84. The van der Waals surface area contributed by atoms with Crippen molar-refractivity contribution in [2.75, 3.05) is 20.2 Å². The van der Waals surface area contributed by atoms with Gasteiger partial charge in [-0.3, -0.25) is 0 Å². The van der Waals surface area contributed by atoms with Crippen molar-refractivity contribution in [3.8, 4) is 0 Å². The van der Waals surface area contributed by atoms with Crippen LogP contribution in [0.4, 0.5) is 0 Å². The summed E-state index contributed by atoms with van der Waals surface area (Å²) in [5.41, 5.74) is 2.70. The lowest BCUT2D eigenvalue weighted by atomic mass is 10.0. The molecule has 2 nitrogen and oxygen atoms in total. The van der Waals surface area contributed by atoms with E-state index < -0.39 is 0 Å². The molecule has 2 aromatic rings. The van der Waals surface area contributed by atoms with E-state index in [1.165, 1.54) is 11.1 Å². The first-order chi connectivity index (χ1) is 10.9. The molecule has 22 heavy (non-hydrogen) atoms. The lowest BCUT2D eigenvalue weighted by Crippen LogP contribution is -2.13. The van der Waals surface area contributed by atoms with Gasteiger partial charge in [0.2, 0.25) is 0 Å². The molecule has 0 saturated heterocycles. The highest BCUT2D eigenvalue weighted by Crippen LogP contribution is 2.23. The van der Waals surface area contributed by atoms with E-state index in [-0.39, 0.29) is 6.10 Å². The third kappa shape index (κ3) is 6.00. The van der Waals surface area contributed by atoms with Crippen molar-refractivity contribution in [1.82, 2.24) is 5.32 Å². The normalized spacial score (nSPS) is 12.2. The molecule has 0 aliphatic carbocycles. The molecule has 0 fully saturated rings. The molecule has 0 saturated carbocycles. The number of ether oxygens (including phenoxy) is 1. The number of hydrogen-bond donors (Lipinski definition) is 1. The van der Waals surface area contributed by atoms with Gasteiger partial charge in [-0.25, -0.2) is 0 Å². The summed E-state index contributed by atoms with van der Waals surface area (Å²) in [6.07, 6.45) is 4.60. The zero-order valence-corrected chi connectivity index (χ0v) is 13.5. The average Bonchev–Trinajstić information content (AvgIpc) is 2.59. The second-order valence-electron chi connectivity index (χ2n) is 5.61. The van der Waals surface area contributed by atoms with Crippen LogP contribution in [0.3, 0.4) is 0 Å². The largest absolute Gasteiger partial charge is 0.373 e. The summed E-state index contributed by atoms with van der Waals surface area (Å²) in [5.74, 6) is 0. The molecule has 2 heteroatoms. The minimum Gasteiger partial charge on any atom is -0.373 e. The topological polar surface area (TPSA) is 21.3 Å². The number of hydrogen-bond acceptors (Lipinski definition) is 2. The third-order valence-corrected chi connectivity index (χ3v) is 3.84. The van der Waals surface area contributed by atoms with Crippen LogP contribution in [0.25, 0.3) is 0 Å². The number of benzene rings is 2. The van der Waals surface area contributed by atoms with Crippen molar-refractivity contribution in [2.24, 2.45) is 0 Å². The summed E-state index contributed by atoms with van der Waals surface area (Å²) in [6.45, 7) is 1.82. The molecule has 0 aliphatic rings. The summed E-state index contributed by atoms with van der Waals surface area (Å²) in [4.78, 5) is 0. The molecule has 0 amide bonds. The van der Waals surface area contributed by atoms with Gasteiger partial charge in [0.05, 0.1) is 6.10 Å². The Morgan fingerprint density at radius 3 is 2.27 bits per heavy atom. The van der Waals surface area contributed by atoms with Crippen LogP contribution in [0.1, 0.15) is 36.5 Å². The predicted molar refractivity (Wildman–Crippen MR) is 93.1 cm³/mol. The zero-order valence-electron chi connectivity index (χ0n) is 13.5. The number of nitrogens with one attached hydrogen (secondary N) is 1. The smallest absolute Gasteiger partial charge is 0.0825 e. The SMILES string of the molecule is CNCCCOC(CCCc1ccccc1)c1ccccc1. The molecular weight excluding hydrogens is 270 g/mol. The van der Waals surface area contributed by atoms with E-state index in [2.05, 4.69) is 66.0 Å². The fourth-order valence-corrected chi connectivity index (χ4v) is 2.62. The first kappa shape index (κ1) is 16.7. The fraction of sp³-hybridized carbons (Fsp3) is 0.400. The Morgan fingerprint density at radius 2 is 1.59 bits per heavy atom. The summed E-state index contributed by atoms with van der Waals surface area (Å²) >= 11 is 0. The maximum atomic E-state index is 6.13. The van der Waals surface area contributed by atoms with Crippen molar-refractivity contribution < 1.29 is 4.74 Å². The molecule has 0 aliphatic heterocycles. The maximum Gasteiger partial charge on any atom is 0.0825 e.